The summed E-state index contributed by atoms with van der Waals surface area (Å²) in [6.07, 6.45) is 4.07. The summed E-state index contributed by atoms with van der Waals surface area (Å²) < 4.78 is 12.2. The van der Waals surface area contributed by atoms with Gasteiger partial charge in [0.25, 0.3) is 0 Å². The zero-order valence-electron chi connectivity index (χ0n) is 16.7. The molecule has 2 N–H and O–H groups in total. The van der Waals surface area contributed by atoms with Crippen molar-refractivity contribution in [3.63, 3.8) is 0 Å². The van der Waals surface area contributed by atoms with Crippen LogP contribution in [0.2, 0.25) is 0 Å². The Morgan fingerprint density at radius 2 is 1.80 bits per heavy atom. The van der Waals surface area contributed by atoms with E-state index in [0.29, 0.717) is 19.2 Å². The van der Waals surface area contributed by atoms with Crippen molar-refractivity contribution in [2.24, 2.45) is 0 Å². The first-order chi connectivity index (χ1) is 14.9. The van der Waals surface area contributed by atoms with Gasteiger partial charge in [-0.1, -0.05) is 36.4 Å². The molecule has 0 saturated carbocycles. The third-order valence-electron chi connectivity index (χ3n) is 5.69. The Bertz CT molecular complexity index is 937. The largest absolute Gasteiger partial charge is 0.371 e. The number of thiophene rings is 1. The third-order valence-corrected chi connectivity index (χ3v) is 6.58. The summed E-state index contributed by atoms with van der Waals surface area (Å²) in [5, 5.41) is 9.11. The maximum Gasteiger partial charge on any atom is 0.223 e. The van der Waals surface area contributed by atoms with Gasteiger partial charge in [0.2, 0.25) is 5.95 Å². The van der Waals surface area contributed by atoms with Crippen molar-refractivity contribution in [3.8, 4) is 10.6 Å². The fourth-order valence-electron chi connectivity index (χ4n) is 4.18. The lowest BCUT2D eigenvalue weighted by atomic mass is 10.1. The fourth-order valence-corrected chi connectivity index (χ4v) is 4.87. The molecule has 4 heterocycles. The minimum Gasteiger partial charge on any atom is -0.371 e. The third kappa shape index (κ3) is 4.39. The quantitative estimate of drug-likeness (QED) is 0.543. The molecule has 6 nitrogen and oxygen atoms in total. The van der Waals surface area contributed by atoms with E-state index in [1.807, 2.05) is 12.1 Å². The Morgan fingerprint density at radius 3 is 2.63 bits per heavy atom. The van der Waals surface area contributed by atoms with E-state index in [1.165, 1.54) is 5.56 Å². The zero-order chi connectivity index (χ0) is 20.2. The SMILES string of the molecule is c1ccc(CCCN[C@H]2CO[C@H]3[C@@H]2OC[C@@H]3Nc2nccc(-c3cccs3)n2)cc1. The van der Waals surface area contributed by atoms with Gasteiger partial charge in [-0.2, -0.15) is 0 Å². The summed E-state index contributed by atoms with van der Waals surface area (Å²) in [6, 6.07) is 16.9. The molecule has 0 aliphatic carbocycles. The summed E-state index contributed by atoms with van der Waals surface area (Å²) in [4.78, 5) is 10.2. The van der Waals surface area contributed by atoms with Gasteiger partial charge in [0.15, 0.2) is 0 Å². The maximum absolute atomic E-state index is 6.09. The lowest BCUT2D eigenvalue weighted by molar-refractivity contribution is 0.0676. The van der Waals surface area contributed by atoms with E-state index < -0.39 is 0 Å². The van der Waals surface area contributed by atoms with Crippen LogP contribution in [0.15, 0.2) is 60.1 Å². The van der Waals surface area contributed by atoms with Crippen molar-refractivity contribution in [2.75, 3.05) is 25.1 Å². The van der Waals surface area contributed by atoms with Crippen LogP contribution in [-0.2, 0) is 15.9 Å². The van der Waals surface area contributed by atoms with Crippen LogP contribution in [0.25, 0.3) is 10.6 Å². The predicted molar refractivity (Wildman–Crippen MR) is 119 cm³/mol. The van der Waals surface area contributed by atoms with Crippen molar-refractivity contribution in [1.82, 2.24) is 15.3 Å². The van der Waals surface area contributed by atoms with Crippen molar-refractivity contribution < 1.29 is 9.47 Å². The summed E-state index contributed by atoms with van der Waals surface area (Å²) >= 11 is 1.68. The smallest absolute Gasteiger partial charge is 0.223 e. The van der Waals surface area contributed by atoms with Crippen LogP contribution in [0.4, 0.5) is 5.95 Å². The molecule has 156 valence electrons. The highest BCUT2D eigenvalue weighted by Crippen LogP contribution is 2.29. The summed E-state index contributed by atoms with van der Waals surface area (Å²) in [7, 11) is 0. The molecule has 30 heavy (non-hydrogen) atoms. The van der Waals surface area contributed by atoms with Crippen LogP contribution >= 0.6 is 11.3 Å². The molecule has 7 heteroatoms. The van der Waals surface area contributed by atoms with E-state index in [-0.39, 0.29) is 24.3 Å². The highest BCUT2D eigenvalue weighted by atomic mass is 32.1. The fraction of sp³-hybridized carbons (Fsp3) is 0.391. The first-order valence-corrected chi connectivity index (χ1v) is 11.4. The van der Waals surface area contributed by atoms with Crippen LogP contribution in [-0.4, -0.2) is 54.0 Å². The molecule has 0 unspecified atom stereocenters. The molecule has 1 aromatic carbocycles. The second-order valence-corrected chi connectivity index (χ2v) is 8.69. The van der Waals surface area contributed by atoms with E-state index in [1.54, 1.807) is 17.5 Å². The van der Waals surface area contributed by atoms with Gasteiger partial charge in [-0.15, -0.1) is 11.3 Å². The molecule has 0 amide bonds. The number of fused-ring (bicyclic) bond motifs is 1. The normalized spacial score (nSPS) is 25.3. The predicted octanol–water partition coefficient (Wildman–Crippen LogP) is 3.37. The number of rotatable bonds is 8. The molecule has 2 aliphatic rings. The van der Waals surface area contributed by atoms with Gasteiger partial charge in [0.1, 0.15) is 12.2 Å². The van der Waals surface area contributed by atoms with Crippen LogP contribution in [0, 0.1) is 0 Å². The van der Waals surface area contributed by atoms with Gasteiger partial charge >= 0.3 is 0 Å². The molecule has 5 rings (SSSR count). The second kappa shape index (κ2) is 9.22. The Morgan fingerprint density at radius 1 is 0.967 bits per heavy atom. The molecule has 0 spiro atoms. The van der Waals surface area contributed by atoms with E-state index in [9.17, 15) is 0 Å². The first kappa shape index (κ1) is 19.6. The highest BCUT2D eigenvalue weighted by molar-refractivity contribution is 7.13. The number of anilines is 1. The molecule has 0 radical (unpaired) electrons. The van der Waals surface area contributed by atoms with Crippen LogP contribution in [0.1, 0.15) is 12.0 Å². The Kier molecular flexibility index (Phi) is 6.03. The lowest BCUT2D eigenvalue weighted by Gasteiger charge is -2.18. The Labute approximate surface area is 180 Å². The minimum atomic E-state index is 0.0191. The van der Waals surface area contributed by atoms with E-state index in [0.717, 1.165) is 30.0 Å². The standard InChI is InChI=1S/C23H26N4O2S/c1-2-6-16(7-3-1)8-4-11-24-18-14-28-22-19(15-29-21(18)22)27-23-25-12-10-17(26-23)20-9-5-13-30-20/h1-3,5-7,9-10,12-13,18-19,21-22,24H,4,8,11,14-15H2,(H,25,26,27)/t18-,19-,21+,22+/m0/s1. The van der Waals surface area contributed by atoms with E-state index in [4.69, 9.17) is 9.47 Å². The molecule has 4 atom stereocenters. The number of nitrogens with zero attached hydrogens (tertiary/aromatic N) is 2. The van der Waals surface area contributed by atoms with Gasteiger partial charge in [0.05, 0.1) is 35.9 Å². The number of nitrogens with one attached hydrogen (secondary N) is 2. The molecule has 0 bridgehead atoms. The number of aromatic nitrogens is 2. The monoisotopic (exact) mass is 422 g/mol. The second-order valence-electron chi connectivity index (χ2n) is 7.74. The highest BCUT2D eigenvalue weighted by Gasteiger charge is 2.47. The average Bonchev–Trinajstić information content (AvgIpc) is 3.52. The topological polar surface area (TPSA) is 68.3 Å². The number of aryl methyl sites for hydroxylation is 1. The molecule has 3 aromatic rings. The molecular weight excluding hydrogens is 396 g/mol. The number of ether oxygens (including phenoxy) is 2. The molecular formula is C23H26N4O2S. The molecule has 2 aromatic heterocycles. The molecule has 2 fully saturated rings. The molecule has 2 saturated heterocycles. The van der Waals surface area contributed by atoms with Crippen molar-refractivity contribution in [3.05, 3.63) is 65.7 Å². The van der Waals surface area contributed by atoms with Crippen LogP contribution in [0.5, 0.6) is 0 Å². The lowest BCUT2D eigenvalue weighted by Crippen LogP contribution is -2.42. The van der Waals surface area contributed by atoms with Crippen molar-refractivity contribution >= 4 is 17.3 Å². The number of hydrogen-bond acceptors (Lipinski definition) is 7. The average molecular weight is 423 g/mol. The van der Waals surface area contributed by atoms with Gasteiger partial charge in [0, 0.05) is 6.20 Å². The number of hydrogen-bond donors (Lipinski definition) is 2. The summed E-state index contributed by atoms with van der Waals surface area (Å²) in [5.41, 5.74) is 2.31. The first-order valence-electron chi connectivity index (χ1n) is 10.5. The summed E-state index contributed by atoms with van der Waals surface area (Å²) in [6.45, 7) is 2.23. The van der Waals surface area contributed by atoms with Crippen molar-refractivity contribution in [2.45, 2.75) is 37.1 Å². The van der Waals surface area contributed by atoms with E-state index in [2.05, 4.69) is 62.4 Å². The van der Waals surface area contributed by atoms with Crippen molar-refractivity contribution in [1.29, 1.82) is 0 Å². The van der Waals surface area contributed by atoms with Crippen LogP contribution in [0.3, 0.4) is 0 Å². The minimum absolute atomic E-state index is 0.0191. The Hall–Kier alpha value is -2.32. The van der Waals surface area contributed by atoms with Crippen LogP contribution < -0.4 is 10.6 Å². The van der Waals surface area contributed by atoms with Gasteiger partial charge in [-0.05, 0) is 42.5 Å². The van der Waals surface area contributed by atoms with Gasteiger partial charge in [-0.3, -0.25) is 0 Å². The zero-order valence-corrected chi connectivity index (χ0v) is 17.6. The van der Waals surface area contributed by atoms with Gasteiger partial charge in [-0.25, -0.2) is 9.97 Å². The Balaban J connectivity index is 1.13. The van der Waals surface area contributed by atoms with Gasteiger partial charge < -0.3 is 20.1 Å². The van der Waals surface area contributed by atoms with E-state index >= 15 is 0 Å². The maximum atomic E-state index is 6.09. The summed E-state index contributed by atoms with van der Waals surface area (Å²) in [5.74, 6) is 0.623. The molecule has 2 aliphatic heterocycles. The number of benzene rings is 1.